The van der Waals surface area contributed by atoms with Crippen molar-refractivity contribution in [2.75, 3.05) is 25.0 Å². The van der Waals surface area contributed by atoms with Crippen LogP contribution in [-0.2, 0) is 15.7 Å². The molecule has 2 saturated heterocycles. The molecule has 1 aromatic heterocycles. The molecule has 0 aromatic carbocycles. The van der Waals surface area contributed by atoms with Gasteiger partial charge in [-0.3, -0.25) is 9.78 Å². The van der Waals surface area contributed by atoms with Gasteiger partial charge in [0, 0.05) is 19.5 Å². The lowest BCUT2D eigenvalue weighted by atomic mass is 9.97. The van der Waals surface area contributed by atoms with Gasteiger partial charge in [0.1, 0.15) is 24.1 Å². The van der Waals surface area contributed by atoms with E-state index in [2.05, 4.69) is 15.3 Å². The molecule has 0 bridgehead atoms. The highest BCUT2D eigenvalue weighted by atomic mass is 19.4. The first-order valence-corrected chi connectivity index (χ1v) is 8.17. The number of alkyl halides is 3. The zero-order valence-electron chi connectivity index (χ0n) is 13.7. The molecule has 3 rings (SSSR count). The minimum Gasteiger partial charge on any atom is -0.388 e. The van der Waals surface area contributed by atoms with Gasteiger partial charge >= 0.3 is 6.18 Å². The number of anilines is 1. The van der Waals surface area contributed by atoms with Crippen LogP contribution in [0.2, 0.25) is 0 Å². The molecule has 0 aliphatic carbocycles. The lowest BCUT2D eigenvalue weighted by molar-refractivity contribution is -0.152. The summed E-state index contributed by atoms with van der Waals surface area (Å²) in [7, 11) is 0. The largest absolute Gasteiger partial charge is 0.434 e. The molecule has 0 radical (unpaired) electrons. The molecule has 1 amide bonds. The number of hydrogen-bond acceptors (Lipinski definition) is 7. The van der Waals surface area contributed by atoms with Crippen molar-refractivity contribution in [3.63, 3.8) is 0 Å². The molecule has 0 spiro atoms. The second-order valence-electron chi connectivity index (χ2n) is 6.33. The van der Waals surface area contributed by atoms with Crippen LogP contribution in [0.1, 0.15) is 18.5 Å². The van der Waals surface area contributed by atoms with Crippen molar-refractivity contribution < 1.29 is 32.9 Å². The average Bonchev–Trinajstić information content (AvgIpc) is 2.99. The van der Waals surface area contributed by atoms with Crippen LogP contribution in [0.3, 0.4) is 0 Å². The zero-order valence-corrected chi connectivity index (χ0v) is 13.7. The first-order chi connectivity index (χ1) is 12.3. The van der Waals surface area contributed by atoms with Crippen molar-refractivity contribution in [1.82, 2.24) is 14.9 Å². The van der Waals surface area contributed by atoms with E-state index in [9.17, 15) is 28.2 Å². The van der Waals surface area contributed by atoms with Crippen LogP contribution >= 0.6 is 0 Å². The van der Waals surface area contributed by atoms with Gasteiger partial charge in [0.2, 0.25) is 5.91 Å². The molecule has 2 fully saturated rings. The number of aliphatic hydroxyl groups is 2. The normalized spacial score (nSPS) is 29.9. The number of aromatic nitrogens is 2. The summed E-state index contributed by atoms with van der Waals surface area (Å²) in [5.41, 5.74) is -1.17. The molecule has 0 saturated carbocycles. The number of ether oxygens (including phenoxy) is 1. The fourth-order valence-electron chi connectivity index (χ4n) is 3.05. The number of nitrogens with zero attached hydrogens (tertiary/aromatic N) is 3. The number of carbonyl (C=O) groups is 1. The van der Waals surface area contributed by atoms with Crippen molar-refractivity contribution in [2.45, 2.75) is 43.4 Å². The monoisotopic (exact) mass is 376 g/mol. The lowest BCUT2D eigenvalue weighted by Crippen LogP contribution is -2.58. The third kappa shape index (κ3) is 4.05. The number of likely N-dealkylation sites (tertiary alicyclic amines) is 1. The quantitative estimate of drug-likeness (QED) is 0.680. The van der Waals surface area contributed by atoms with E-state index < -0.39 is 36.2 Å². The van der Waals surface area contributed by atoms with Gasteiger partial charge in [-0.1, -0.05) is 0 Å². The molecular weight excluding hydrogens is 357 g/mol. The van der Waals surface area contributed by atoms with Crippen LogP contribution in [-0.4, -0.2) is 75.0 Å². The highest BCUT2D eigenvalue weighted by Crippen LogP contribution is 2.28. The molecule has 8 nitrogen and oxygen atoms in total. The third-order valence-electron chi connectivity index (χ3n) is 4.46. The van der Waals surface area contributed by atoms with Crippen LogP contribution in [0, 0.1) is 0 Å². The molecule has 3 heterocycles. The molecule has 0 unspecified atom stereocenters. The standard InChI is InChI=1S/C15H19F3N4O4/c16-15(17,18)10-4-19-5-11(21-10)20-8-7-26-9(14(25)13(8)24)6-22-3-1-2-12(22)23/h4-5,8-9,13-14,24-25H,1-3,6-7H2,(H,20,21)/t8-,9+,13+,14-/m0/s1. The maximum Gasteiger partial charge on any atom is 0.434 e. The molecule has 144 valence electrons. The van der Waals surface area contributed by atoms with Crippen molar-refractivity contribution >= 4 is 11.7 Å². The second-order valence-corrected chi connectivity index (χ2v) is 6.33. The third-order valence-corrected chi connectivity index (χ3v) is 4.46. The van der Waals surface area contributed by atoms with Crippen LogP contribution in [0.4, 0.5) is 19.0 Å². The fraction of sp³-hybridized carbons (Fsp3) is 0.667. The number of carbonyl (C=O) groups excluding carboxylic acids is 1. The van der Waals surface area contributed by atoms with Gasteiger partial charge in [0.05, 0.1) is 25.0 Å². The predicted molar refractivity (Wildman–Crippen MR) is 82.0 cm³/mol. The van der Waals surface area contributed by atoms with E-state index in [-0.39, 0.29) is 24.9 Å². The minimum absolute atomic E-state index is 0.0326. The smallest absolute Gasteiger partial charge is 0.388 e. The van der Waals surface area contributed by atoms with Crippen LogP contribution < -0.4 is 5.32 Å². The number of amides is 1. The summed E-state index contributed by atoms with van der Waals surface area (Å²) in [6.07, 6.45) is -5.14. The fourth-order valence-corrected chi connectivity index (χ4v) is 3.05. The van der Waals surface area contributed by atoms with E-state index in [0.29, 0.717) is 19.2 Å². The van der Waals surface area contributed by atoms with Gasteiger partial charge in [-0.2, -0.15) is 13.2 Å². The Hall–Kier alpha value is -1.98. The van der Waals surface area contributed by atoms with Gasteiger partial charge < -0.3 is 25.2 Å². The minimum atomic E-state index is -4.64. The topological polar surface area (TPSA) is 108 Å². The van der Waals surface area contributed by atoms with Gasteiger partial charge in [-0.05, 0) is 6.42 Å². The Labute approximate surface area is 147 Å². The zero-order chi connectivity index (χ0) is 18.9. The van der Waals surface area contributed by atoms with Crippen LogP contribution in [0.5, 0.6) is 0 Å². The van der Waals surface area contributed by atoms with E-state index in [4.69, 9.17) is 4.74 Å². The van der Waals surface area contributed by atoms with Crippen molar-refractivity contribution in [3.8, 4) is 0 Å². The van der Waals surface area contributed by atoms with E-state index in [0.717, 1.165) is 12.6 Å². The lowest BCUT2D eigenvalue weighted by Gasteiger charge is -2.39. The summed E-state index contributed by atoms with van der Waals surface area (Å²) in [5, 5.41) is 23.1. The number of halogens is 3. The summed E-state index contributed by atoms with van der Waals surface area (Å²) in [6, 6.07) is -0.867. The SMILES string of the molecule is O=C1CCCN1C[C@H]1OC[C@H](Nc2cncc(C(F)(F)F)n2)[C@@H](O)[C@H]1O. The Bertz CT molecular complexity index is 660. The van der Waals surface area contributed by atoms with E-state index in [1.165, 1.54) is 0 Å². The summed E-state index contributed by atoms with van der Waals surface area (Å²) < 4.78 is 43.6. The first kappa shape index (κ1) is 18.8. The Morgan fingerprint density at radius 2 is 2.08 bits per heavy atom. The molecule has 2 aliphatic rings. The summed E-state index contributed by atoms with van der Waals surface area (Å²) in [4.78, 5) is 20.1. The highest BCUT2D eigenvalue weighted by Gasteiger charge is 2.40. The van der Waals surface area contributed by atoms with Gasteiger partial charge in [0.15, 0.2) is 5.69 Å². The number of rotatable bonds is 4. The van der Waals surface area contributed by atoms with E-state index in [1.807, 2.05) is 0 Å². The van der Waals surface area contributed by atoms with Crippen molar-refractivity contribution in [1.29, 1.82) is 0 Å². The van der Waals surface area contributed by atoms with Crippen LogP contribution in [0.15, 0.2) is 12.4 Å². The van der Waals surface area contributed by atoms with Crippen molar-refractivity contribution in [2.24, 2.45) is 0 Å². The summed E-state index contributed by atoms with van der Waals surface area (Å²) in [5.74, 6) is -0.220. The molecule has 1 aromatic rings. The maximum absolute atomic E-state index is 12.7. The summed E-state index contributed by atoms with van der Waals surface area (Å²) in [6.45, 7) is 0.666. The molecular formula is C15H19F3N4O4. The maximum atomic E-state index is 12.7. The number of aliphatic hydroxyl groups excluding tert-OH is 2. The average molecular weight is 376 g/mol. The van der Waals surface area contributed by atoms with Gasteiger partial charge in [0.25, 0.3) is 0 Å². The van der Waals surface area contributed by atoms with E-state index in [1.54, 1.807) is 4.90 Å². The second kappa shape index (κ2) is 7.33. The molecule has 4 atom stereocenters. The Balaban J connectivity index is 1.62. The van der Waals surface area contributed by atoms with Gasteiger partial charge in [-0.25, -0.2) is 4.98 Å². The Morgan fingerprint density at radius 1 is 1.31 bits per heavy atom. The number of nitrogens with one attached hydrogen (secondary N) is 1. The molecule has 26 heavy (non-hydrogen) atoms. The van der Waals surface area contributed by atoms with E-state index >= 15 is 0 Å². The van der Waals surface area contributed by atoms with Crippen molar-refractivity contribution in [3.05, 3.63) is 18.1 Å². The highest BCUT2D eigenvalue weighted by molar-refractivity contribution is 5.78. The first-order valence-electron chi connectivity index (χ1n) is 8.17. The Morgan fingerprint density at radius 3 is 2.73 bits per heavy atom. The summed E-state index contributed by atoms with van der Waals surface area (Å²) >= 11 is 0. The van der Waals surface area contributed by atoms with Crippen LogP contribution in [0.25, 0.3) is 0 Å². The Kier molecular flexibility index (Phi) is 5.30. The molecule has 2 aliphatic heterocycles. The molecule has 11 heteroatoms. The van der Waals surface area contributed by atoms with Gasteiger partial charge in [-0.15, -0.1) is 0 Å². The predicted octanol–water partition coefficient (Wildman–Crippen LogP) is 0.0189. The number of hydrogen-bond donors (Lipinski definition) is 3. The molecule has 3 N–H and O–H groups in total.